The molecule has 0 spiro atoms. The van der Waals surface area contributed by atoms with Crippen molar-refractivity contribution in [3.05, 3.63) is 0 Å². The molecule has 0 radical (unpaired) electrons. The van der Waals surface area contributed by atoms with Crippen LogP contribution in [-0.2, 0) is 7.05 Å². The first-order chi connectivity index (χ1) is 6.20. The zero-order valence-electron chi connectivity index (χ0n) is 6.97. The van der Waals surface area contributed by atoms with Crippen molar-refractivity contribution in [1.29, 1.82) is 0 Å². The van der Waals surface area contributed by atoms with Gasteiger partial charge in [-0.3, -0.25) is 0 Å². The number of aromatic nitrogens is 4. The second kappa shape index (κ2) is 4.65. The zero-order valence-corrected chi connectivity index (χ0v) is 7.78. The fourth-order valence-corrected chi connectivity index (χ4v) is 1.35. The number of nitrogens with one attached hydrogen (secondary N) is 1. The summed E-state index contributed by atoms with van der Waals surface area (Å²) in [6.07, 6.45) is -1.02. The lowest BCUT2D eigenvalue weighted by Crippen LogP contribution is -2.23. The molecule has 0 aliphatic rings. The zero-order chi connectivity index (χ0) is 9.68. The molecule has 0 saturated carbocycles. The van der Waals surface area contributed by atoms with E-state index in [1.165, 1.54) is 16.4 Å². The van der Waals surface area contributed by atoms with Gasteiger partial charge in [-0.05, 0) is 10.4 Å². The van der Waals surface area contributed by atoms with Crippen molar-refractivity contribution in [2.24, 2.45) is 7.05 Å². The Hall–Kier alpha value is -1.31. The minimum absolute atomic E-state index is 0.382. The molecule has 1 rings (SSSR count). The normalized spacial score (nSPS) is 9.92. The summed E-state index contributed by atoms with van der Waals surface area (Å²) >= 11 is 1.40. The molecule has 13 heavy (non-hydrogen) atoms. The topological polar surface area (TPSA) is 92.9 Å². The molecule has 0 unspecified atom stereocenters. The van der Waals surface area contributed by atoms with Crippen molar-refractivity contribution in [1.82, 2.24) is 25.5 Å². The Kier molecular flexibility index (Phi) is 3.50. The molecule has 1 aromatic rings. The average molecular weight is 203 g/mol. The van der Waals surface area contributed by atoms with Crippen molar-refractivity contribution in [3.8, 4) is 0 Å². The van der Waals surface area contributed by atoms with E-state index < -0.39 is 6.09 Å². The van der Waals surface area contributed by atoms with E-state index in [-0.39, 0.29) is 0 Å². The third-order valence-corrected chi connectivity index (χ3v) is 2.20. The molecule has 8 heteroatoms. The molecule has 0 fully saturated rings. The Morgan fingerprint density at radius 2 is 2.54 bits per heavy atom. The van der Waals surface area contributed by atoms with Gasteiger partial charge >= 0.3 is 6.09 Å². The summed E-state index contributed by atoms with van der Waals surface area (Å²) in [7, 11) is 1.73. The first-order valence-electron chi connectivity index (χ1n) is 3.52. The van der Waals surface area contributed by atoms with Gasteiger partial charge in [0.2, 0.25) is 5.16 Å². The van der Waals surface area contributed by atoms with Crippen LogP contribution in [0.3, 0.4) is 0 Å². The molecule has 0 atom stereocenters. The monoisotopic (exact) mass is 203 g/mol. The summed E-state index contributed by atoms with van der Waals surface area (Å²) in [5.41, 5.74) is 0. The molecule has 0 bridgehead atoms. The Morgan fingerprint density at radius 3 is 3.08 bits per heavy atom. The number of carbonyl (C=O) groups is 1. The van der Waals surface area contributed by atoms with Gasteiger partial charge in [-0.15, -0.1) is 5.10 Å². The summed E-state index contributed by atoms with van der Waals surface area (Å²) in [5, 5.41) is 22.0. The summed E-state index contributed by atoms with van der Waals surface area (Å²) in [6.45, 7) is 0.382. The lowest BCUT2D eigenvalue weighted by Gasteiger charge is -1.98. The third-order valence-electron chi connectivity index (χ3n) is 1.19. The van der Waals surface area contributed by atoms with E-state index in [1.807, 2.05) is 0 Å². The first-order valence-corrected chi connectivity index (χ1v) is 4.50. The minimum atomic E-state index is -1.02. The van der Waals surface area contributed by atoms with E-state index >= 15 is 0 Å². The van der Waals surface area contributed by atoms with Crippen molar-refractivity contribution >= 4 is 17.9 Å². The molecule has 0 aromatic carbocycles. The van der Waals surface area contributed by atoms with E-state index in [9.17, 15) is 4.79 Å². The first kappa shape index (κ1) is 9.78. The van der Waals surface area contributed by atoms with Gasteiger partial charge in [-0.25, -0.2) is 9.48 Å². The van der Waals surface area contributed by atoms with Gasteiger partial charge in [-0.2, -0.15) is 0 Å². The van der Waals surface area contributed by atoms with E-state index in [0.717, 1.165) is 0 Å². The highest BCUT2D eigenvalue weighted by Crippen LogP contribution is 2.10. The van der Waals surface area contributed by atoms with Crippen LogP contribution >= 0.6 is 11.8 Å². The quantitative estimate of drug-likeness (QED) is 0.509. The molecule has 7 nitrogen and oxygen atoms in total. The van der Waals surface area contributed by atoms with Crippen LogP contribution in [0.25, 0.3) is 0 Å². The van der Waals surface area contributed by atoms with Crippen LogP contribution in [0.4, 0.5) is 4.79 Å². The highest BCUT2D eigenvalue weighted by Gasteiger charge is 2.02. The fraction of sp³-hybridized carbons (Fsp3) is 0.600. The summed E-state index contributed by atoms with van der Waals surface area (Å²) in [5.74, 6) is 0.612. The SMILES string of the molecule is Cn1nnnc1SCCNC(=O)O. The number of carboxylic acid groups (broad SMARTS) is 1. The van der Waals surface area contributed by atoms with Crippen LogP contribution in [0.15, 0.2) is 5.16 Å². The number of amides is 1. The van der Waals surface area contributed by atoms with Gasteiger partial charge in [0.25, 0.3) is 0 Å². The molecule has 1 amide bonds. The number of nitrogens with zero attached hydrogens (tertiary/aromatic N) is 4. The maximum atomic E-state index is 10.1. The predicted octanol–water partition coefficient (Wildman–Crippen LogP) is -0.430. The Morgan fingerprint density at radius 1 is 1.77 bits per heavy atom. The van der Waals surface area contributed by atoms with Crippen LogP contribution in [0.1, 0.15) is 0 Å². The summed E-state index contributed by atoms with van der Waals surface area (Å²) in [6, 6.07) is 0. The van der Waals surface area contributed by atoms with Crippen LogP contribution in [-0.4, -0.2) is 43.7 Å². The average Bonchev–Trinajstić information content (AvgIpc) is 2.45. The molecule has 0 saturated heterocycles. The minimum Gasteiger partial charge on any atom is -0.465 e. The second-order valence-electron chi connectivity index (χ2n) is 2.17. The standard InChI is InChI=1S/C5H9N5O2S/c1-10-4(7-8-9-10)13-3-2-6-5(11)12/h6H,2-3H2,1H3,(H,11,12). The van der Waals surface area contributed by atoms with Crippen molar-refractivity contribution in [2.45, 2.75) is 5.16 Å². The molecular weight excluding hydrogens is 194 g/mol. The van der Waals surface area contributed by atoms with Gasteiger partial charge in [0.1, 0.15) is 0 Å². The van der Waals surface area contributed by atoms with Crippen molar-refractivity contribution in [2.75, 3.05) is 12.3 Å². The lowest BCUT2D eigenvalue weighted by molar-refractivity contribution is 0.195. The number of thioether (sulfide) groups is 1. The molecule has 72 valence electrons. The highest BCUT2D eigenvalue weighted by molar-refractivity contribution is 7.99. The Bertz CT molecular complexity index is 288. The molecule has 1 aromatic heterocycles. The number of hydrogen-bond acceptors (Lipinski definition) is 5. The van der Waals surface area contributed by atoms with E-state index in [0.29, 0.717) is 17.5 Å². The van der Waals surface area contributed by atoms with Crippen molar-refractivity contribution in [3.63, 3.8) is 0 Å². The Balaban J connectivity index is 2.20. The maximum Gasteiger partial charge on any atom is 0.404 e. The number of hydrogen-bond donors (Lipinski definition) is 2. The highest BCUT2D eigenvalue weighted by atomic mass is 32.2. The molecule has 1 heterocycles. The van der Waals surface area contributed by atoms with Crippen LogP contribution in [0.2, 0.25) is 0 Å². The maximum absolute atomic E-state index is 10.1. The molecule has 2 N–H and O–H groups in total. The Labute approximate surface area is 78.5 Å². The van der Waals surface area contributed by atoms with Crippen LogP contribution in [0, 0.1) is 0 Å². The van der Waals surface area contributed by atoms with Gasteiger partial charge in [0.15, 0.2) is 0 Å². The molecule has 0 aliphatic carbocycles. The smallest absolute Gasteiger partial charge is 0.404 e. The van der Waals surface area contributed by atoms with Crippen LogP contribution < -0.4 is 5.32 Å². The summed E-state index contributed by atoms with van der Waals surface area (Å²) < 4.78 is 1.53. The predicted molar refractivity (Wildman–Crippen MR) is 45.5 cm³/mol. The number of tetrazole rings is 1. The second-order valence-corrected chi connectivity index (χ2v) is 3.23. The number of rotatable bonds is 4. The van der Waals surface area contributed by atoms with Gasteiger partial charge in [0.05, 0.1) is 0 Å². The van der Waals surface area contributed by atoms with E-state index in [4.69, 9.17) is 5.11 Å². The van der Waals surface area contributed by atoms with E-state index in [2.05, 4.69) is 20.8 Å². The molecular formula is C5H9N5O2S. The molecule has 0 aliphatic heterocycles. The third kappa shape index (κ3) is 3.28. The lowest BCUT2D eigenvalue weighted by atomic mass is 10.7. The fourth-order valence-electron chi connectivity index (χ4n) is 0.644. The summed E-state index contributed by atoms with van der Waals surface area (Å²) in [4.78, 5) is 10.1. The van der Waals surface area contributed by atoms with Gasteiger partial charge in [-0.1, -0.05) is 11.8 Å². The van der Waals surface area contributed by atoms with Gasteiger partial charge in [0, 0.05) is 19.3 Å². The van der Waals surface area contributed by atoms with Crippen molar-refractivity contribution < 1.29 is 9.90 Å². The van der Waals surface area contributed by atoms with Gasteiger partial charge < -0.3 is 10.4 Å². The van der Waals surface area contributed by atoms with E-state index in [1.54, 1.807) is 7.05 Å². The largest absolute Gasteiger partial charge is 0.465 e. The number of aryl methyl sites for hydroxylation is 1. The van der Waals surface area contributed by atoms with Crippen LogP contribution in [0.5, 0.6) is 0 Å².